The zero-order valence-corrected chi connectivity index (χ0v) is 11.6. The van der Waals surface area contributed by atoms with Crippen molar-refractivity contribution in [3.63, 3.8) is 0 Å². The number of aromatic carboxylic acids is 1. The first kappa shape index (κ1) is 14.8. The summed E-state index contributed by atoms with van der Waals surface area (Å²) in [5.74, 6) is -2.08. The van der Waals surface area contributed by atoms with Crippen LogP contribution in [0.5, 0.6) is 0 Å². The van der Waals surface area contributed by atoms with Crippen molar-refractivity contribution in [1.29, 1.82) is 0 Å². The lowest BCUT2D eigenvalue weighted by Crippen LogP contribution is -2.25. The molecule has 6 heteroatoms. The fourth-order valence-corrected chi connectivity index (χ4v) is 1.85. The Morgan fingerprint density at radius 2 is 1.78 bits per heavy atom. The zero-order valence-electron chi connectivity index (χ0n) is 10.1. The van der Waals surface area contributed by atoms with E-state index < -0.39 is 17.5 Å². The Balaban J connectivity index is 3.31. The van der Waals surface area contributed by atoms with Crippen molar-refractivity contribution in [3.8, 4) is 0 Å². The van der Waals surface area contributed by atoms with Gasteiger partial charge in [0.15, 0.2) is 0 Å². The summed E-state index contributed by atoms with van der Waals surface area (Å²) in [5, 5.41) is 9.13. The van der Waals surface area contributed by atoms with Crippen LogP contribution in [0.4, 0.5) is 0 Å². The first-order valence-electron chi connectivity index (χ1n) is 5.07. The molecular formula is C12H12Cl2O4. The van der Waals surface area contributed by atoms with Gasteiger partial charge in [0.05, 0.1) is 16.1 Å². The molecule has 0 radical (unpaired) electrons. The molecule has 0 aliphatic heterocycles. The van der Waals surface area contributed by atoms with Crippen LogP contribution in [0.3, 0.4) is 0 Å². The number of carbonyl (C=O) groups excluding carboxylic acids is 1. The number of carboxylic acid groups (broad SMARTS) is 1. The molecule has 0 saturated carbocycles. The van der Waals surface area contributed by atoms with Crippen molar-refractivity contribution in [3.05, 3.63) is 33.3 Å². The van der Waals surface area contributed by atoms with Gasteiger partial charge in [0, 0.05) is 5.02 Å². The predicted octanol–water partition coefficient (Wildman–Crippen LogP) is 3.65. The number of ether oxygens (including phenoxy) is 1. The summed E-state index contributed by atoms with van der Waals surface area (Å²) >= 11 is 11.6. The molecule has 1 aromatic rings. The molecule has 0 fully saturated rings. The van der Waals surface area contributed by atoms with E-state index in [-0.39, 0.29) is 21.2 Å². The fraction of sp³-hybridized carbons (Fsp3) is 0.333. The van der Waals surface area contributed by atoms with Crippen LogP contribution in [0.25, 0.3) is 0 Å². The second-order valence-corrected chi connectivity index (χ2v) is 5.46. The van der Waals surface area contributed by atoms with Crippen LogP contribution in [-0.4, -0.2) is 22.6 Å². The van der Waals surface area contributed by atoms with Gasteiger partial charge in [-0.1, -0.05) is 23.2 Å². The minimum absolute atomic E-state index is 0.0471. The highest BCUT2D eigenvalue weighted by Crippen LogP contribution is 2.27. The van der Waals surface area contributed by atoms with Crippen LogP contribution >= 0.6 is 23.2 Å². The van der Waals surface area contributed by atoms with Crippen LogP contribution in [0.1, 0.15) is 41.5 Å². The third-order valence-electron chi connectivity index (χ3n) is 1.89. The quantitative estimate of drug-likeness (QED) is 0.845. The van der Waals surface area contributed by atoms with Gasteiger partial charge in [0.1, 0.15) is 5.60 Å². The van der Waals surface area contributed by atoms with Gasteiger partial charge < -0.3 is 9.84 Å². The van der Waals surface area contributed by atoms with Gasteiger partial charge in [-0.15, -0.1) is 0 Å². The molecular weight excluding hydrogens is 279 g/mol. The molecule has 0 bridgehead atoms. The largest absolute Gasteiger partial charge is 0.478 e. The van der Waals surface area contributed by atoms with Crippen LogP contribution in [-0.2, 0) is 4.74 Å². The summed E-state index contributed by atoms with van der Waals surface area (Å²) in [4.78, 5) is 23.0. The maximum absolute atomic E-state index is 11.9. The minimum Gasteiger partial charge on any atom is -0.478 e. The van der Waals surface area contributed by atoms with Crippen molar-refractivity contribution >= 4 is 35.1 Å². The molecule has 4 nitrogen and oxygen atoms in total. The van der Waals surface area contributed by atoms with E-state index in [0.29, 0.717) is 0 Å². The monoisotopic (exact) mass is 290 g/mol. The second kappa shape index (κ2) is 5.16. The lowest BCUT2D eigenvalue weighted by atomic mass is 10.1. The maximum atomic E-state index is 11.9. The number of carboxylic acids is 1. The van der Waals surface area contributed by atoms with Crippen LogP contribution in [0.15, 0.2) is 12.1 Å². The molecule has 1 N–H and O–H groups in total. The van der Waals surface area contributed by atoms with Gasteiger partial charge in [-0.2, -0.15) is 0 Å². The Labute approximate surface area is 114 Å². The topological polar surface area (TPSA) is 63.6 Å². The SMILES string of the molecule is CC(C)(C)OC(=O)c1c(Cl)cc(Cl)cc1C(=O)O. The summed E-state index contributed by atoms with van der Waals surface area (Å²) in [6.45, 7) is 5.03. The van der Waals surface area contributed by atoms with E-state index >= 15 is 0 Å². The summed E-state index contributed by atoms with van der Waals surface area (Å²) in [7, 11) is 0. The highest BCUT2D eigenvalue weighted by molar-refractivity contribution is 6.37. The lowest BCUT2D eigenvalue weighted by molar-refractivity contribution is 0.00661. The highest BCUT2D eigenvalue weighted by Gasteiger charge is 2.26. The standard InChI is InChI=1S/C12H12Cl2O4/c1-12(2,3)18-11(17)9-7(10(15)16)4-6(13)5-8(9)14/h4-5H,1-3H3,(H,15,16). The number of hydrogen-bond donors (Lipinski definition) is 1. The average Bonchev–Trinajstić information content (AvgIpc) is 2.12. The number of halogens is 2. The van der Waals surface area contributed by atoms with Gasteiger partial charge in [0.2, 0.25) is 0 Å². The van der Waals surface area contributed by atoms with E-state index in [4.69, 9.17) is 33.0 Å². The smallest absolute Gasteiger partial charge is 0.341 e. The second-order valence-electron chi connectivity index (χ2n) is 4.62. The van der Waals surface area contributed by atoms with E-state index in [2.05, 4.69) is 0 Å². The van der Waals surface area contributed by atoms with E-state index in [1.54, 1.807) is 20.8 Å². The third-order valence-corrected chi connectivity index (χ3v) is 2.40. The molecule has 0 unspecified atom stereocenters. The molecule has 0 saturated heterocycles. The van der Waals surface area contributed by atoms with Crippen molar-refractivity contribution < 1.29 is 19.4 Å². The summed E-state index contributed by atoms with van der Waals surface area (Å²) in [6, 6.07) is 2.46. The van der Waals surface area contributed by atoms with Crippen LogP contribution in [0.2, 0.25) is 10.0 Å². The molecule has 0 aliphatic rings. The Morgan fingerprint density at radius 3 is 2.22 bits per heavy atom. The molecule has 0 aliphatic carbocycles. The maximum Gasteiger partial charge on any atom is 0.341 e. The van der Waals surface area contributed by atoms with Crippen molar-refractivity contribution in [1.82, 2.24) is 0 Å². The number of carbonyl (C=O) groups is 2. The van der Waals surface area contributed by atoms with Crippen molar-refractivity contribution in [2.24, 2.45) is 0 Å². The first-order valence-corrected chi connectivity index (χ1v) is 5.83. The molecule has 1 rings (SSSR count). The van der Waals surface area contributed by atoms with E-state index in [1.807, 2.05) is 0 Å². The molecule has 0 spiro atoms. The average molecular weight is 291 g/mol. The normalized spacial score (nSPS) is 11.2. The van der Waals surface area contributed by atoms with Gasteiger partial charge in [-0.05, 0) is 32.9 Å². The highest BCUT2D eigenvalue weighted by atomic mass is 35.5. The van der Waals surface area contributed by atoms with Crippen molar-refractivity contribution in [2.45, 2.75) is 26.4 Å². The Morgan fingerprint density at radius 1 is 1.22 bits per heavy atom. The van der Waals surface area contributed by atoms with Crippen molar-refractivity contribution in [2.75, 3.05) is 0 Å². The first-order chi connectivity index (χ1) is 8.11. The van der Waals surface area contributed by atoms with E-state index in [9.17, 15) is 9.59 Å². The number of benzene rings is 1. The van der Waals surface area contributed by atoms with Crippen LogP contribution in [0, 0.1) is 0 Å². The molecule has 0 amide bonds. The molecule has 1 aromatic carbocycles. The van der Waals surface area contributed by atoms with Gasteiger partial charge in [0.25, 0.3) is 0 Å². The van der Waals surface area contributed by atoms with E-state index in [1.165, 1.54) is 6.07 Å². The lowest BCUT2D eigenvalue weighted by Gasteiger charge is -2.20. The molecule has 0 atom stereocenters. The summed E-state index contributed by atoms with van der Waals surface area (Å²) < 4.78 is 5.11. The predicted molar refractivity (Wildman–Crippen MR) is 68.6 cm³/mol. The van der Waals surface area contributed by atoms with E-state index in [0.717, 1.165) is 6.07 Å². The molecule has 0 heterocycles. The minimum atomic E-state index is -1.29. The number of hydrogen-bond acceptors (Lipinski definition) is 3. The zero-order chi connectivity index (χ0) is 14.1. The Kier molecular flexibility index (Phi) is 4.24. The van der Waals surface area contributed by atoms with Gasteiger partial charge in [-0.25, -0.2) is 9.59 Å². The number of esters is 1. The number of rotatable bonds is 2. The van der Waals surface area contributed by atoms with Crippen LogP contribution < -0.4 is 0 Å². The van der Waals surface area contributed by atoms with Gasteiger partial charge in [-0.3, -0.25) is 0 Å². The fourth-order valence-electron chi connectivity index (χ4n) is 1.28. The molecule has 18 heavy (non-hydrogen) atoms. The molecule has 0 aromatic heterocycles. The third kappa shape index (κ3) is 3.62. The Bertz CT molecular complexity index is 504. The summed E-state index contributed by atoms with van der Waals surface area (Å²) in [5.41, 5.74) is -1.21. The summed E-state index contributed by atoms with van der Waals surface area (Å²) in [6.07, 6.45) is 0. The Hall–Kier alpha value is -1.26. The molecule has 98 valence electrons. The van der Waals surface area contributed by atoms with Gasteiger partial charge >= 0.3 is 11.9 Å².